The number of anilines is 1. The second kappa shape index (κ2) is 4.76. The summed E-state index contributed by atoms with van der Waals surface area (Å²) in [6.45, 7) is 2.20. The minimum absolute atomic E-state index is 0.405. The van der Waals surface area contributed by atoms with Gasteiger partial charge in [0.05, 0.1) is 11.6 Å². The molecule has 4 nitrogen and oxygen atoms in total. The molecule has 0 aliphatic carbocycles. The van der Waals surface area contributed by atoms with Crippen LogP contribution in [0.2, 0.25) is 0 Å². The molecule has 84 valence electrons. The van der Waals surface area contributed by atoms with Gasteiger partial charge in [-0.05, 0) is 25.1 Å². The molecule has 0 aliphatic rings. The molecule has 2 N–H and O–H groups in total. The molecule has 0 bridgehead atoms. The standard InChI is InChI=1S/C11H12BrN3O/c1-7(16)5-13-11-9-4-8(12)2-3-10(9)14-6-15-11/h2-4,6-7,16H,5H2,1H3,(H,13,14,15)/t7-/m0/s1. The van der Waals surface area contributed by atoms with Crippen molar-refractivity contribution in [2.24, 2.45) is 0 Å². The first-order valence-electron chi connectivity index (χ1n) is 4.99. The zero-order chi connectivity index (χ0) is 11.5. The van der Waals surface area contributed by atoms with E-state index in [0.717, 1.165) is 21.2 Å². The molecule has 0 spiro atoms. The molecule has 2 rings (SSSR count). The summed E-state index contributed by atoms with van der Waals surface area (Å²) >= 11 is 3.41. The van der Waals surface area contributed by atoms with Gasteiger partial charge in [0.25, 0.3) is 0 Å². The smallest absolute Gasteiger partial charge is 0.137 e. The molecule has 1 aromatic heterocycles. The second-order valence-electron chi connectivity index (χ2n) is 3.61. The van der Waals surface area contributed by atoms with Gasteiger partial charge in [-0.1, -0.05) is 15.9 Å². The predicted octanol–water partition coefficient (Wildman–Crippen LogP) is 2.18. The van der Waals surface area contributed by atoms with Crippen LogP contribution in [0.25, 0.3) is 10.9 Å². The summed E-state index contributed by atoms with van der Waals surface area (Å²) < 4.78 is 0.981. The molecule has 1 aromatic carbocycles. The van der Waals surface area contributed by atoms with E-state index in [4.69, 9.17) is 0 Å². The number of aliphatic hydroxyl groups is 1. The van der Waals surface area contributed by atoms with E-state index >= 15 is 0 Å². The molecular formula is C11H12BrN3O. The third-order valence-electron chi connectivity index (χ3n) is 2.16. The fraction of sp³-hybridized carbons (Fsp3) is 0.273. The summed E-state index contributed by atoms with van der Waals surface area (Å²) in [5.41, 5.74) is 0.881. The molecule has 0 aliphatic heterocycles. The third-order valence-corrected chi connectivity index (χ3v) is 2.66. The predicted molar refractivity (Wildman–Crippen MR) is 67.4 cm³/mol. The third kappa shape index (κ3) is 2.48. The van der Waals surface area contributed by atoms with E-state index in [2.05, 4.69) is 31.2 Å². The Kier molecular flexibility index (Phi) is 3.36. The number of aliphatic hydroxyl groups excluding tert-OH is 1. The van der Waals surface area contributed by atoms with Crippen molar-refractivity contribution in [3.8, 4) is 0 Å². The van der Waals surface area contributed by atoms with Crippen LogP contribution >= 0.6 is 15.9 Å². The Labute approximate surface area is 102 Å². The first kappa shape index (κ1) is 11.3. The lowest BCUT2D eigenvalue weighted by molar-refractivity contribution is 0.208. The highest BCUT2D eigenvalue weighted by molar-refractivity contribution is 9.10. The van der Waals surface area contributed by atoms with E-state index in [-0.39, 0.29) is 0 Å². The normalized spacial score (nSPS) is 12.7. The van der Waals surface area contributed by atoms with Crippen LogP contribution in [0.1, 0.15) is 6.92 Å². The monoisotopic (exact) mass is 281 g/mol. The van der Waals surface area contributed by atoms with E-state index in [9.17, 15) is 5.11 Å². The molecule has 0 unspecified atom stereocenters. The lowest BCUT2D eigenvalue weighted by Gasteiger charge is -2.09. The Morgan fingerprint density at radius 2 is 2.25 bits per heavy atom. The largest absolute Gasteiger partial charge is 0.392 e. The molecular weight excluding hydrogens is 270 g/mol. The van der Waals surface area contributed by atoms with Crippen molar-refractivity contribution >= 4 is 32.7 Å². The number of nitrogens with zero attached hydrogens (tertiary/aromatic N) is 2. The number of hydrogen-bond acceptors (Lipinski definition) is 4. The maximum atomic E-state index is 9.23. The fourth-order valence-electron chi connectivity index (χ4n) is 1.41. The van der Waals surface area contributed by atoms with Gasteiger partial charge in [0.2, 0.25) is 0 Å². The number of benzene rings is 1. The Morgan fingerprint density at radius 1 is 1.44 bits per heavy atom. The molecule has 1 heterocycles. The number of hydrogen-bond donors (Lipinski definition) is 2. The number of halogens is 1. The van der Waals surface area contributed by atoms with Gasteiger partial charge in [-0.25, -0.2) is 9.97 Å². The first-order chi connectivity index (χ1) is 7.66. The minimum atomic E-state index is -0.405. The SMILES string of the molecule is C[C@H](O)CNc1ncnc2ccc(Br)cc12. The number of fused-ring (bicyclic) bond motifs is 1. The molecule has 0 saturated carbocycles. The van der Waals surface area contributed by atoms with Crippen LogP contribution in [-0.2, 0) is 0 Å². The van der Waals surface area contributed by atoms with Crippen LogP contribution in [0, 0.1) is 0 Å². The molecule has 1 atom stereocenters. The van der Waals surface area contributed by atoms with Crippen LogP contribution < -0.4 is 5.32 Å². The average Bonchev–Trinajstić information content (AvgIpc) is 2.26. The summed E-state index contributed by atoms with van der Waals surface area (Å²) in [6.07, 6.45) is 1.11. The maximum Gasteiger partial charge on any atom is 0.137 e. The molecule has 0 fully saturated rings. The van der Waals surface area contributed by atoms with Crippen LogP contribution in [0.3, 0.4) is 0 Å². The topological polar surface area (TPSA) is 58.0 Å². The molecule has 5 heteroatoms. The van der Waals surface area contributed by atoms with Gasteiger partial charge in [-0.2, -0.15) is 0 Å². The van der Waals surface area contributed by atoms with Gasteiger partial charge in [0.1, 0.15) is 12.1 Å². The molecule has 0 radical (unpaired) electrons. The lowest BCUT2D eigenvalue weighted by Crippen LogP contribution is -2.16. The Hall–Kier alpha value is -1.20. The van der Waals surface area contributed by atoms with Crippen molar-refractivity contribution in [1.29, 1.82) is 0 Å². The first-order valence-corrected chi connectivity index (χ1v) is 5.78. The summed E-state index contributed by atoms with van der Waals surface area (Å²) in [7, 11) is 0. The summed E-state index contributed by atoms with van der Waals surface area (Å²) in [5, 5.41) is 13.3. The second-order valence-corrected chi connectivity index (χ2v) is 4.53. The average molecular weight is 282 g/mol. The number of aromatic nitrogens is 2. The highest BCUT2D eigenvalue weighted by Gasteiger charge is 2.04. The van der Waals surface area contributed by atoms with Gasteiger partial charge in [0.15, 0.2) is 0 Å². The highest BCUT2D eigenvalue weighted by atomic mass is 79.9. The van der Waals surface area contributed by atoms with Gasteiger partial charge in [-0.15, -0.1) is 0 Å². The number of nitrogens with one attached hydrogen (secondary N) is 1. The Morgan fingerprint density at radius 3 is 3.00 bits per heavy atom. The summed E-state index contributed by atoms with van der Waals surface area (Å²) in [4.78, 5) is 8.34. The molecule has 0 amide bonds. The van der Waals surface area contributed by atoms with Crippen molar-refractivity contribution in [3.63, 3.8) is 0 Å². The van der Waals surface area contributed by atoms with Crippen LogP contribution in [0.15, 0.2) is 29.0 Å². The Balaban J connectivity index is 2.40. The summed E-state index contributed by atoms with van der Waals surface area (Å²) in [5.74, 6) is 0.743. The fourth-order valence-corrected chi connectivity index (χ4v) is 1.78. The van der Waals surface area contributed by atoms with E-state index in [0.29, 0.717) is 6.54 Å². The van der Waals surface area contributed by atoms with Crippen LogP contribution in [0.4, 0.5) is 5.82 Å². The van der Waals surface area contributed by atoms with Crippen molar-refractivity contribution in [2.45, 2.75) is 13.0 Å². The van der Waals surface area contributed by atoms with Crippen molar-refractivity contribution < 1.29 is 5.11 Å². The van der Waals surface area contributed by atoms with Gasteiger partial charge in [-0.3, -0.25) is 0 Å². The Bertz CT molecular complexity index is 502. The van der Waals surface area contributed by atoms with E-state index < -0.39 is 6.10 Å². The highest BCUT2D eigenvalue weighted by Crippen LogP contribution is 2.23. The quantitative estimate of drug-likeness (QED) is 0.906. The maximum absolute atomic E-state index is 9.23. The van der Waals surface area contributed by atoms with Crippen LogP contribution in [0.5, 0.6) is 0 Å². The number of rotatable bonds is 3. The molecule has 2 aromatic rings. The molecule has 16 heavy (non-hydrogen) atoms. The lowest BCUT2D eigenvalue weighted by atomic mass is 10.2. The molecule has 0 saturated heterocycles. The van der Waals surface area contributed by atoms with Gasteiger partial charge < -0.3 is 10.4 Å². The van der Waals surface area contributed by atoms with Crippen molar-refractivity contribution in [2.75, 3.05) is 11.9 Å². The van der Waals surface area contributed by atoms with Gasteiger partial charge in [0, 0.05) is 16.4 Å². The minimum Gasteiger partial charge on any atom is -0.392 e. The van der Waals surface area contributed by atoms with Crippen molar-refractivity contribution in [3.05, 3.63) is 29.0 Å². The van der Waals surface area contributed by atoms with Gasteiger partial charge >= 0.3 is 0 Å². The van der Waals surface area contributed by atoms with E-state index in [1.165, 1.54) is 6.33 Å². The summed E-state index contributed by atoms with van der Waals surface area (Å²) in [6, 6.07) is 5.82. The zero-order valence-electron chi connectivity index (χ0n) is 8.81. The zero-order valence-corrected chi connectivity index (χ0v) is 10.4. The van der Waals surface area contributed by atoms with E-state index in [1.54, 1.807) is 6.92 Å². The van der Waals surface area contributed by atoms with E-state index in [1.807, 2.05) is 18.2 Å². The van der Waals surface area contributed by atoms with Crippen LogP contribution in [-0.4, -0.2) is 27.7 Å². The van der Waals surface area contributed by atoms with Crippen molar-refractivity contribution in [1.82, 2.24) is 9.97 Å².